The number of fused-ring (bicyclic) bond motifs is 1. The van der Waals surface area contributed by atoms with E-state index in [0.717, 1.165) is 23.6 Å². The maximum absolute atomic E-state index is 12.6. The smallest absolute Gasteiger partial charge is 0.416 e. The molecule has 1 atom stereocenters. The van der Waals surface area contributed by atoms with Gasteiger partial charge in [-0.2, -0.15) is 13.2 Å². The molecule has 0 radical (unpaired) electrons. The molecule has 0 saturated heterocycles. The number of alkyl halides is 3. The zero-order chi connectivity index (χ0) is 18.7. The van der Waals surface area contributed by atoms with Crippen molar-refractivity contribution in [1.29, 1.82) is 0 Å². The molecule has 0 amide bonds. The molecule has 1 aliphatic carbocycles. The van der Waals surface area contributed by atoms with E-state index in [9.17, 15) is 22.8 Å². The van der Waals surface area contributed by atoms with Gasteiger partial charge >= 0.3 is 18.1 Å². The van der Waals surface area contributed by atoms with Crippen molar-refractivity contribution in [3.63, 3.8) is 0 Å². The predicted molar refractivity (Wildman–Crippen MR) is 82.5 cm³/mol. The van der Waals surface area contributed by atoms with Crippen molar-refractivity contribution in [2.45, 2.75) is 24.6 Å². The average molecular weight is 356 g/mol. The SMILES string of the molecule is FC(F)(F)c1ccc2c(c1)CC1(CNC=N1)C2.O=C(O)/C=C/C(=O)O. The molecule has 2 aliphatic rings. The minimum atomic E-state index is -4.26. The second-order valence-corrected chi connectivity index (χ2v) is 5.71. The molecular weight excluding hydrogens is 341 g/mol. The van der Waals surface area contributed by atoms with Crippen LogP contribution in [0.25, 0.3) is 0 Å². The summed E-state index contributed by atoms with van der Waals surface area (Å²) >= 11 is 0. The number of carboxylic acid groups (broad SMARTS) is 2. The Labute approximate surface area is 140 Å². The molecular formula is C16H15F3N2O4. The van der Waals surface area contributed by atoms with E-state index in [1.165, 1.54) is 6.07 Å². The lowest BCUT2D eigenvalue weighted by Crippen LogP contribution is -2.32. The first-order chi connectivity index (χ1) is 11.6. The van der Waals surface area contributed by atoms with E-state index in [1.807, 2.05) is 0 Å². The minimum Gasteiger partial charge on any atom is -0.478 e. The van der Waals surface area contributed by atoms with Gasteiger partial charge in [0.15, 0.2) is 0 Å². The summed E-state index contributed by atoms with van der Waals surface area (Å²) in [7, 11) is 0. The highest BCUT2D eigenvalue weighted by Gasteiger charge is 2.40. The fourth-order valence-corrected chi connectivity index (χ4v) is 2.73. The second kappa shape index (κ2) is 6.96. The van der Waals surface area contributed by atoms with E-state index < -0.39 is 23.7 Å². The molecule has 134 valence electrons. The van der Waals surface area contributed by atoms with Gasteiger partial charge in [-0.25, -0.2) is 9.59 Å². The highest BCUT2D eigenvalue weighted by Crippen LogP contribution is 2.37. The molecule has 1 heterocycles. The Bertz CT molecular complexity index is 727. The summed E-state index contributed by atoms with van der Waals surface area (Å²) in [6.45, 7) is 0.711. The van der Waals surface area contributed by atoms with Crippen molar-refractivity contribution < 1.29 is 33.0 Å². The number of aliphatic carboxylic acids is 2. The van der Waals surface area contributed by atoms with Gasteiger partial charge in [-0.1, -0.05) is 6.07 Å². The van der Waals surface area contributed by atoms with Gasteiger partial charge in [0, 0.05) is 18.7 Å². The van der Waals surface area contributed by atoms with Crippen LogP contribution >= 0.6 is 0 Å². The van der Waals surface area contributed by atoms with Crippen molar-refractivity contribution in [3.8, 4) is 0 Å². The summed E-state index contributed by atoms with van der Waals surface area (Å²) < 4.78 is 37.7. The van der Waals surface area contributed by atoms with Crippen LogP contribution in [0.2, 0.25) is 0 Å². The first-order valence-electron chi connectivity index (χ1n) is 7.21. The quantitative estimate of drug-likeness (QED) is 0.703. The van der Waals surface area contributed by atoms with Gasteiger partial charge in [-0.3, -0.25) is 4.99 Å². The van der Waals surface area contributed by atoms with E-state index in [-0.39, 0.29) is 5.54 Å². The van der Waals surface area contributed by atoms with Gasteiger partial charge < -0.3 is 15.5 Å². The minimum absolute atomic E-state index is 0.243. The van der Waals surface area contributed by atoms with E-state index in [0.29, 0.717) is 25.1 Å². The largest absolute Gasteiger partial charge is 0.478 e. The normalized spacial score (nSPS) is 20.9. The van der Waals surface area contributed by atoms with Gasteiger partial charge in [-0.05, 0) is 36.1 Å². The van der Waals surface area contributed by atoms with Crippen molar-refractivity contribution in [3.05, 3.63) is 47.0 Å². The van der Waals surface area contributed by atoms with Crippen LogP contribution in [0.1, 0.15) is 16.7 Å². The Hall–Kier alpha value is -2.84. The molecule has 0 aromatic heterocycles. The number of nitrogens with one attached hydrogen (secondary N) is 1. The van der Waals surface area contributed by atoms with Crippen LogP contribution in [-0.4, -0.2) is 40.6 Å². The van der Waals surface area contributed by atoms with Crippen LogP contribution in [0.5, 0.6) is 0 Å². The monoisotopic (exact) mass is 356 g/mol. The summed E-state index contributed by atoms with van der Waals surface area (Å²) in [5.41, 5.74) is 0.954. The molecule has 25 heavy (non-hydrogen) atoms. The third kappa shape index (κ3) is 4.82. The van der Waals surface area contributed by atoms with Gasteiger partial charge in [0.25, 0.3) is 0 Å². The summed E-state index contributed by atoms with van der Waals surface area (Å²) in [5, 5.41) is 18.6. The molecule has 0 bridgehead atoms. The van der Waals surface area contributed by atoms with Crippen molar-refractivity contribution in [2.75, 3.05) is 6.54 Å². The number of carbonyl (C=O) groups is 2. The zero-order valence-corrected chi connectivity index (χ0v) is 12.9. The number of aliphatic imine (C=N–C) groups is 1. The highest BCUT2D eigenvalue weighted by molar-refractivity contribution is 5.89. The van der Waals surface area contributed by atoms with E-state index in [2.05, 4.69) is 10.3 Å². The average Bonchev–Trinajstić information content (AvgIpc) is 3.10. The summed E-state index contributed by atoms with van der Waals surface area (Å²) in [6, 6.07) is 4.00. The molecule has 9 heteroatoms. The van der Waals surface area contributed by atoms with Crippen molar-refractivity contribution >= 4 is 18.3 Å². The number of carboxylic acids is 2. The molecule has 0 fully saturated rings. The number of benzene rings is 1. The standard InChI is InChI=1S/C12H11F3N2.C4H4O4/c13-12(14,15)10-2-1-8-4-11(5-9(8)3-10)6-16-7-17-11;5-3(6)1-2-4(7)8/h1-3,7H,4-6H2,(H,16,17);1-2H,(H,5,6)(H,7,8)/b;2-1+. The fraction of sp³-hybridized carbons (Fsp3) is 0.312. The van der Waals surface area contributed by atoms with Crippen molar-refractivity contribution in [1.82, 2.24) is 5.32 Å². The van der Waals surface area contributed by atoms with Gasteiger partial charge in [0.1, 0.15) is 0 Å². The molecule has 6 nitrogen and oxygen atoms in total. The van der Waals surface area contributed by atoms with Crippen LogP contribution < -0.4 is 5.32 Å². The number of halogens is 3. The van der Waals surface area contributed by atoms with Crippen LogP contribution in [-0.2, 0) is 28.6 Å². The molecule has 1 aromatic carbocycles. The van der Waals surface area contributed by atoms with Gasteiger partial charge in [0.2, 0.25) is 0 Å². The molecule has 1 aliphatic heterocycles. The van der Waals surface area contributed by atoms with Crippen LogP contribution in [0.4, 0.5) is 13.2 Å². The predicted octanol–water partition coefficient (Wildman–Crippen LogP) is 1.89. The van der Waals surface area contributed by atoms with E-state index in [1.54, 1.807) is 12.4 Å². The molecule has 1 aromatic rings. The topological polar surface area (TPSA) is 99.0 Å². The van der Waals surface area contributed by atoms with Crippen molar-refractivity contribution in [2.24, 2.45) is 4.99 Å². The van der Waals surface area contributed by atoms with Crippen LogP contribution in [0, 0.1) is 0 Å². The third-order valence-electron chi connectivity index (χ3n) is 3.80. The first-order valence-corrected chi connectivity index (χ1v) is 7.21. The summed E-state index contributed by atoms with van der Waals surface area (Å²) in [6.07, 6.45) is -0.178. The lowest BCUT2D eigenvalue weighted by Gasteiger charge is -2.17. The van der Waals surface area contributed by atoms with Crippen LogP contribution in [0.3, 0.4) is 0 Å². The molecule has 3 rings (SSSR count). The maximum Gasteiger partial charge on any atom is 0.416 e. The molecule has 1 spiro atoms. The van der Waals surface area contributed by atoms with Crippen LogP contribution in [0.15, 0.2) is 35.3 Å². The lowest BCUT2D eigenvalue weighted by atomic mass is 9.98. The number of hydrogen-bond donors (Lipinski definition) is 3. The van der Waals surface area contributed by atoms with Gasteiger partial charge in [0.05, 0.1) is 17.4 Å². The Kier molecular flexibility index (Phi) is 5.15. The summed E-state index contributed by atoms with van der Waals surface area (Å²) in [5.74, 6) is -2.51. The number of hydrogen-bond acceptors (Lipinski definition) is 4. The number of nitrogens with zero attached hydrogens (tertiary/aromatic N) is 1. The Morgan fingerprint density at radius 3 is 2.20 bits per heavy atom. The van der Waals surface area contributed by atoms with Gasteiger partial charge in [-0.15, -0.1) is 0 Å². The maximum atomic E-state index is 12.6. The zero-order valence-electron chi connectivity index (χ0n) is 12.9. The Balaban J connectivity index is 0.000000242. The third-order valence-corrected chi connectivity index (χ3v) is 3.80. The molecule has 0 saturated carbocycles. The van der Waals surface area contributed by atoms with E-state index >= 15 is 0 Å². The first kappa shape index (κ1) is 18.5. The Morgan fingerprint density at radius 1 is 1.12 bits per heavy atom. The lowest BCUT2D eigenvalue weighted by molar-refractivity contribution is -0.137. The highest BCUT2D eigenvalue weighted by atomic mass is 19.4. The molecule has 1 unspecified atom stereocenters. The molecule has 3 N–H and O–H groups in total. The summed E-state index contributed by atoms with van der Waals surface area (Å²) in [4.78, 5) is 23.5. The fourth-order valence-electron chi connectivity index (χ4n) is 2.73. The van der Waals surface area contributed by atoms with E-state index in [4.69, 9.17) is 10.2 Å². The Morgan fingerprint density at radius 2 is 1.72 bits per heavy atom. The number of rotatable bonds is 2. The second-order valence-electron chi connectivity index (χ2n) is 5.71.